The van der Waals surface area contributed by atoms with Gasteiger partial charge in [0, 0.05) is 6.07 Å². The van der Waals surface area contributed by atoms with Crippen LogP contribution in [0, 0.1) is 5.92 Å². The number of carbonyl (C=O) groups is 1. The van der Waals surface area contributed by atoms with Crippen molar-refractivity contribution in [1.29, 1.82) is 0 Å². The summed E-state index contributed by atoms with van der Waals surface area (Å²) in [5, 5.41) is 0. The van der Waals surface area contributed by atoms with Gasteiger partial charge in [0.05, 0.1) is 44.6 Å². The number of ketones is 1. The summed E-state index contributed by atoms with van der Waals surface area (Å²) in [6, 6.07) is 5.04. The van der Waals surface area contributed by atoms with E-state index in [-0.39, 0.29) is 31.8 Å². The van der Waals surface area contributed by atoms with Gasteiger partial charge < -0.3 is 18.5 Å². The van der Waals surface area contributed by atoms with Crippen LogP contribution >= 0.6 is 7.60 Å². The van der Waals surface area contributed by atoms with E-state index >= 15 is 0 Å². The van der Waals surface area contributed by atoms with Crippen molar-refractivity contribution in [2.45, 2.75) is 13.8 Å². The van der Waals surface area contributed by atoms with Crippen LogP contribution in [-0.2, 0) is 13.6 Å². The molecule has 0 saturated carbocycles. The first kappa shape index (κ1) is 17.0. The molecule has 0 spiro atoms. The lowest BCUT2D eigenvalue weighted by Crippen LogP contribution is -2.31. The van der Waals surface area contributed by atoms with E-state index in [1.54, 1.807) is 39.2 Å². The summed E-state index contributed by atoms with van der Waals surface area (Å²) in [5.74, 6) is 0.468. The third kappa shape index (κ3) is 3.69. The minimum Gasteiger partial charge on any atom is -0.497 e. The molecule has 1 aromatic carbocycles. The maximum atomic E-state index is 12.6. The average Bonchev–Trinajstić information content (AvgIpc) is 2.50. The molecule has 0 aliphatic carbocycles. The molecule has 1 atom stereocenters. The summed E-state index contributed by atoms with van der Waals surface area (Å²) in [5.41, 5.74) is 0.469. The Kier molecular flexibility index (Phi) is 5.62. The predicted octanol–water partition coefficient (Wildman–Crippen LogP) is 3.15. The molecule has 0 fully saturated rings. The summed E-state index contributed by atoms with van der Waals surface area (Å²) in [4.78, 5) is 12.5. The molecule has 0 amide bonds. The van der Waals surface area contributed by atoms with Crippen LogP contribution in [0.4, 0.5) is 0 Å². The van der Waals surface area contributed by atoms with Gasteiger partial charge in [-0.2, -0.15) is 0 Å². The molecule has 1 aromatic rings. The molecule has 0 saturated heterocycles. The number of rotatable bonds is 7. The van der Waals surface area contributed by atoms with Crippen LogP contribution in [-0.4, -0.2) is 38.9 Å². The van der Waals surface area contributed by atoms with Gasteiger partial charge in [-0.3, -0.25) is 9.36 Å². The van der Waals surface area contributed by atoms with Crippen LogP contribution in [0.5, 0.6) is 11.5 Å². The molecular formula is C15H21O6P. The average molecular weight is 328 g/mol. The van der Waals surface area contributed by atoms with Gasteiger partial charge in [-0.1, -0.05) is 0 Å². The maximum absolute atomic E-state index is 12.6. The Bertz CT molecular complexity index is 575. The normalized spacial score (nSPS) is 17.8. The lowest BCUT2D eigenvalue weighted by molar-refractivity contribution is 0.0839. The van der Waals surface area contributed by atoms with Crippen molar-refractivity contribution in [3.05, 3.63) is 23.8 Å². The number of methoxy groups -OCH3 is 1. The smallest absolute Gasteiger partial charge is 0.331 e. The fraction of sp³-hybridized carbons (Fsp3) is 0.533. The van der Waals surface area contributed by atoms with E-state index in [1.165, 1.54) is 0 Å². The van der Waals surface area contributed by atoms with Gasteiger partial charge in [0.25, 0.3) is 0 Å². The van der Waals surface area contributed by atoms with Crippen molar-refractivity contribution in [2.75, 3.05) is 33.1 Å². The summed E-state index contributed by atoms with van der Waals surface area (Å²) < 4.78 is 33.8. The molecule has 122 valence electrons. The molecule has 22 heavy (non-hydrogen) atoms. The Labute approximate surface area is 130 Å². The number of carbonyl (C=O) groups excluding carboxylic acids is 1. The van der Waals surface area contributed by atoms with Gasteiger partial charge >= 0.3 is 7.60 Å². The summed E-state index contributed by atoms with van der Waals surface area (Å²) >= 11 is 0. The Morgan fingerprint density at radius 2 is 1.95 bits per heavy atom. The van der Waals surface area contributed by atoms with Crippen molar-refractivity contribution < 1.29 is 27.9 Å². The third-order valence-electron chi connectivity index (χ3n) is 3.36. The molecular weight excluding hydrogens is 307 g/mol. The van der Waals surface area contributed by atoms with Crippen LogP contribution in [0.3, 0.4) is 0 Å². The standard InChI is InChI=1S/C15H21O6P/c1-4-20-22(17,21-5-2)10-11-9-19-14-8-12(18-3)6-7-13(14)15(11)16/h6-8,11H,4-5,9-10H2,1-3H3. The number of ether oxygens (including phenoxy) is 2. The van der Waals surface area contributed by atoms with Crippen molar-refractivity contribution in [3.63, 3.8) is 0 Å². The number of benzene rings is 1. The topological polar surface area (TPSA) is 71.1 Å². The SMILES string of the molecule is CCOP(=O)(CC1COc2cc(OC)ccc2C1=O)OCC. The van der Waals surface area contributed by atoms with Gasteiger partial charge in [0.1, 0.15) is 11.5 Å². The fourth-order valence-electron chi connectivity index (χ4n) is 2.38. The van der Waals surface area contributed by atoms with E-state index in [2.05, 4.69) is 0 Å². The van der Waals surface area contributed by atoms with Crippen molar-refractivity contribution in [1.82, 2.24) is 0 Å². The molecule has 1 aliphatic heterocycles. The zero-order valence-electron chi connectivity index (χ0n) is 13.0. The van der Waals surface area contributed by atoms with Crippen LogP contribution in [0.25, 0.3) is 0 Å². The highest BCUT2D eigenvalue weighted by molar-refractivity contribution is 7.53. The van der Waals surface area contributed by atoms with Gasteiger partial charge in [0.2, 0.25) is 0 Å². The maximum Gasteiger partial charge on any atom is 0.331 e. The second-order valence-electron chi connectivity index (χ2n) is 4.86. The molecule has 7 heteroatoms. The molecule has 1 aliphatic rings. The van der Waals surface area contributed by atoms with E-state index in [0.29, 0.717) is 17.1 Å². The lowest BCUT2D eigenvalue weighted by Gasteiger charge is -2.27. The number of hydrogen-bond acceptors (Lipinski definition) is 6. The Hall–Kier alpha value is -1.36. The minimum atomic E-state index is -3.28. The van der Waals surface area contributed by atoms with Gasteiger partial charge in [-0.15, -0.1) is 0 Å². The number of Topliss-reactive ketones (excluding diaryl/α,β-unsaturated/α-hetero) is 1. The Morgan fingerprint density at radius 1 is 1.27 bits per heavy atom. The lowest BCUT2D eigenvalue weighted by atomic mass is 9.96. The first-order valence-electron chi connectivity index (χ1n) is 7.26. The first-order chi connectivity index (χ1) is 10.5. The van der Waals surface area contributed by atoms with Crippen molar-refractivity contribution >= 4 is 13.4 Å². The third-order valence-corrected chi connectivity index (χ3v) is 5.55. The first-order valence-corrected chi connectivity index (χ1v) is 8.99. The highest BCUT2D eigenvalue weighted by atomic mass is 31.2. The van der Waals surface area contributed by atoms with Crippen molar-refractivity contribution in [2.24, 2.45) is 5.92 Å². The number of fused-ring (bicyclic) bond motifs is 1. The van der Waals surface area contributed by atoms with E-state index in [0.717, 1.165) is 0 Å². The van der Waals surface area contributed by atoms with E-state index in [9.17, 15) is 9.36 Å². The van der Waals surface area contributed by atoms with Gasteiger partial charge in [0.15, 0.2) is 5.78 Å². The molecule has 0 N–H and O–H groups in total. The predicted molar refractivity (Wildman–Crippen MR) is 82.0 cm³/mol. The minimum absolute atomic E-state index is 0.0268. The summed E-state index contributed by atoms with van der Waals surface area (Å²) in [7, 11) is -1.73. The highest BCUT2D eigenvalue weighted by Crippen LogP contribution is 2.50. The zero-order chi connectivity index (χ0) is 16.2. The molecule has 6 nitrogen and oxygen atoms in total. The van der Waals surface area contributed by atoms with Crippen molar-refractivity contribution in [3.8, 4) is 11.5 Å². The quantitative estimate of drug-likeness (QED) is 0.716. The molecule has 2 rings (SSSR count). The highest BCUT2D eigenvalue weighted by Gasteiger charge is 2.36. The summed E-state index contributed by atoms with van der Waals surface area (Å²) in [6.07, 6.45) is 0.0268. The second-order valence-corrected chi connectivity index (χ2v) is 6.97. The van der Waals surface area contributed by atoms with Crippen LogP contribution < -0.4 is 9.47 Å². The molecule has 0 bridgehead atoms. The largest absolute Gasteiger partial charge is 0.497 e. The number of hydrogen-bond donors (Lipinski definition) is 0. The monoisotopic (exact) mass is 328 g/mol. The van der Waals surface area contributed by atoms with E-state index < -0.39 is 13.5 Å². The van der Waals surface area contributed by atoms with E-state index in [4.69, 9.17) is 18.5 Å². The van der Waals surface area contributed by atoms with Crippen LogP contribution in [0.15, 0.2) is 18.2 Å². The Balaban J connectivity index is 2.17. The molecule has 1 heterocycles. The van der Waals surface area contributed by atoms with E-state index in [1.807, 2.05) is 0 Å². The van der Waals surface area contributed by atoms with Gasteiger partial charge in [-0.25, -0.2) is 0 Å². The Morgan fingerprint density at radius 3 is 2.55 bits per heavy atom. The van der Waals surface area contributed by atoms with Crippen LogP contribution in [0.2, 0.25) is 0 Å². The zero-order valence-corrected chi connectivity index (χ0v) is 13.9. The molecule has 0 aromatic heterocycles. The summed E-state index contributed by atoms with van der Waals surface area (Å²) in [6.45, 7) is 4.18. The van der Waals surface area contributed by atoms with Crippen LogP contribution in [0.1, 0.15) is 24.2 Å². The second kappa shape index (κ2) is 7.27. The molecule has 1 unspecified atom stereocenters. The van der Waals surface area contributed by atoms with Gasteiger partial charge in [-0.05, 0) is 26.0 Å². The fourth-order valence-corrected chi connectivity index (χ4v) is 4.26. The molecule has 0 radical (unpaired) electrons.